The van der Waals surface area contributed by atoms with E-state index in [0.717, 1.165) is 22.9 Å². The SMILES string of the molecule is CC#Cc1c(N)sc2c1CCC(C)C2. The van der Waals surface area contributed by atoms with Gasteiger partial charge in [-0.2, -0.15) is 0 Å². The average molecular weight is 205 g/mol. The summed E-state index contributed by atoms with van der Waals surface area (Å²) in [5.41, 5.74) is 8.51. The highest BCUT2D eigenvalue weighted by Gasteiger charge is 2.21. The van der Waals surface area contributed by atoms with Crippen LogP contribution in [0.15, 0.2) is 0 Å². The number of fused-ring (bicyclic) bond motifs is 1. The highest BCUT2D eigenvalue weighted by atomic mass is 32.1. The van der Waals surface area contributed by atoms with Crippen molar-refractivity contribution in [2.24, 2.45) is 5.92 Å². The van der Waals surface area contributed by atoms with Gasteiger partial charge in [-0.15, -0.1) is 17.3 Å². The van der Waals surface area contributed by atoms with Crippen molar-refractivity contribution < 1.29 is 0 Å². The predicted molar refractivity (Wildman–Crippen MR) is 62.5 cm³/mol. The molecule has 1 aliphatic rings. The standard InChI is InChI=1S/C12H15NS/c1-3-4-10-9-6-5-8(2)7-11(9)14-12(10)13/h8H,5-7,13H2,1-2H3. The van der Waals surface area contributed by atoms with Gasteiger partial charge < -0.3 is 5.73 Å². The molecule has 1 heterocycles. The van der Waals surface area contributed by atoms with Crippen LogP contribution in [0, 0.1) is 17.8 Å². The summed E-state index contributed by atoms with van der Waals surface area (Å²) in [6.07, 6.45) is 3.63. The summed E-state index contributed by atoms with van der Waals surface area (Å²) in [6, 6.07) is 0. The molecular formula is C12H15NS. The lowest BCUT2D eigenvalue weighted by Gasteiger charge is -2.17. The second kappa shape index (κ2) is 3.67. The predicted octanol–water partition coefficient (Wildman–Crippen LogP) is 2.83. The van der Waals surface area contributed by atoms with Crippen molar-refractivity contribution in [3.05, 3.63) is 16.0 Å². The quantitative estimate of drug-likeness (QED) is 0.648. The summed E-state index contributed by atoms with van der Waals surface area (Å²) in [5.74, 6) is 6.89. The van der Waals surface area contributed by atoms with Gasteiger partial charge in [0.2, 0.25) is 0 Å². The molecule has 0 radical (unpaired) electrons. The number of thiophene rings is 1. The second-order valence-corrected chi connectivity index (χ2v) is 5.10. The lowest BCUT2D eigenvalue weighted by Crippen LogP contribution is -2.09. The molecule has 0 aliphatic heterocycles. The van der Waals surface area contributed by atoms with Gasteiger partial charge in [-0.1, -0.05) is 12.8 Å². The van der Waals surface area contributed by atoms with E-state index >= 15 is 0 Å². The van der Waals surface area contributed by atoms with Crippen molar-refractivity contribution in [1.82, 2.24) is 0 Å². The third-order valence-corrected chi connectivity index (χ3v) is 3.87. The van der Waals surface area contributed by atoms with Crippen LogP contribution in [0.1, 0.15) is 36.3 Å². The van der Waals surface area contributed by atoms with E-state index in [-0.39, 0.29) is 0 Å². The van der Waals surface area contributed by atoms with E-state index in [0.29, 0.717) is 0 Å². The maximum absolute atomic E-state index is 5.97. The van der Waals surface area contributed by atoms with Gasteiger partial charge in [0.25, 0.3) is 0 Å². The van der Waals surface area contributed by atoms with Crippen molar-refractivity contribution in [3.63, 3.8) is 0 Å². The van der Waals surface area contributed by atoms with E-state index in [2.05, 4.69) is 18.8 Å². The van der Waals surface area contributed by atoms with Gasteiger partial charge in [0, 0.05) is 4.88 Å². The van der Waals surface area contributed by atoms with E-state index in [1.54, 1.807) is 11.3 Å². The zero-order valence-electron chi connectivity index (χ0n) is 8.68. The van der Waals surface area contributed by atoms with Gasteiger partial charge >= 0.3 is 0 Å². The Morgan fingerprint density at radius 1 is 1.50 bits per heavy atom. The molecule has 1 unspecified atom stereocenters. The van der Waals surface area contributed by atoms with Crippen LogP contribution in [0.2, 0.25) is 0 Å². The highest BCUT2D eigenvalue weighted by molar-refractivity contribution is 7.16. The Balaban J connectivity index is 2.47. The van der Waals surface area contributed by atoms with Crippen LogP contribution in [0.5, 0.6) is 0 Å². The Bertz CT molecular complexity index is 406. The first kappa shape index (κ1) is 9.61. The van der Waals surface area contributed by atoms with Gasteiger partial charge in [0.05, 0.1) is 5.56 Å². The lowest BCUT2D eigenvalue weighted by molar-refractivity contribution is 0.507. The molecule has 0 fully saturated rings. The largest absolute Gasteiger partial charge is 0.390 e. The number of hydrogen-bond donors (Lipinski definition) is 1. The van der Waals surface area contributed by atoms with Crippen molar-refractivity contribution in [2.45, 2.75) is 33.1 Å². The number of nitrogens with two attached hydrogens (primary N) is 1. The molecule has 0 saturated carbocycles. The molecule has 1 nitrogen and oxygen atoms in total. The molecule has 2 N–H and O–H groups in total. The summed E-state index contributed by atoms with van der Waals surface area (Å²) >= 11 is 1.74. The van der Waals surface area contributed by atoms with Gasteiger partial charge in [-0.25, -0.2) is 0 Å². The van der Waals surface area contributed by atoms with Gasteiger partial charge in [0.1, 0.15) is 5.00 Å². The molecule has 1 aliphatic carbocycles. The van der Waals surface area contributed by atoms with Crippen LogP contribution in [0.3, 0.4) is 0 Å². The smallest absolute Gasteiger partial charge is 0.102 e. The summed E-state index contributed by atoms with van der Waals surface area (Å²) in [4.78, 5) is 1.47. The average Bonchev–Trinajstić information content (AvgIpc) is 2.43. The molecule has 0 spiro atoms. The van der Waals surface area contributed by atoms with Crippen LogP contribution >= 0.6 is 11.3 Å². The van der Waals surface area contributed by atoms with Crippen LogP contribution in [-0.4, -0.2) is 0 Å². The molecule has 1 aromatic heterocycles. The number of hydrogen-bond acceptors (Lipinski definition) is 2. The molecule has 0 bridgehead atoms. The minimum Gasteiger partial charge on any atom is -0.390 e. The molecule has 1 atom stereocenters. The zero-order valence-corrected chi connectivity index (χ0v) is 9.50. The van der Waals surface area contributed by atoms with Crippen LogP contribution in [0.25, 0.3) is 0 Å². The Morgan fingerprint density at radius 2 is 2.29 bits per heavy atom. The summed E-state index contributed by atoms with van der Waals surface area (Å²) in [5, 5.41) is 0.915. The van der Waals surface area contributed by atoms with Crippen LogP contribution in [-0.2, 0) is 12.8 Å². The maximum Gasteiger partial charge on any atom is 0.102 e. The Morgan fingerprint density at radius 3 is 3.00 bits per heavy atom. The molecule has 0 amide bonds. The summed E-state index contributed by atoms with van der Waals surface area (Å²) in [7, 11) is 0. The van der Waals surface area contributed by atoms with E-state index in [4.69, 9.17) is 5.73 Å². The second-order valence-electron chi connectivity index (χ2n) is 3.97. The number of nitrogen functional groups attached to an aromatic ring is 1. The van der Waals surface area contributed by atoms with Crippen molar-refractivity contribution in [3.8, 4) is 11.8 Å². The number of rotatable bonds is 0. The Kier molecular flexibility index (Phi) is 2.52. The fraction of sp³-hybridized carbons (Fsp3) is 0.500. The molecule has 1 aromatic rings. The first-order valence-corrected chi connectivity index (χ1v) is 5.86. The molecule has 14 heavy (non-hydrogen) atoms. The Labute approximate surface area is 89.3 Å². The minimum atomic E-state index is 0.808. The van der Waals surface area contributed by atoms with Crippen LogP contribution < -0.4 is 5.73 Å². The number of anilines is 1. The topological polar surface area (TPSA) is 26.0 Å². The monoisotopic (exact) mass is 205 g/mol. The fourth-order valence-corrected chi connectivity index (χ4v) is 3.27. The minimum absolute atomic E-state index is 0.808. The molecule has 0 aromatic carbocycles. The first-order valence-electron chi connectivity index (χ1n) is 5.05. The van der Waals surface area contributed by atoms with Crippen molar-refractivity contribution >= 4 is 16.3 Å². The zero-order chi connectivity index (χ0) is 10.1. The molecule has 2 heteroatoms. The third kappa shape index (κ3) is 1.53. The fourth-order valence-electron chi connectivity index (χ4n) is 2.03. The third-order valence-electron chi connectivity index (χ3n) is 2.79. The van der Waals surface area contributed by atoms with E-state index in [9.17, 15) is 0 Å². The summed E-state index contributed by atoms with van der Waals surface area (Å²) in [6.45, 7) is 4.18. The molecule has 74 valence electrons. The van der Waals surface area contributed by atoms with Crippen molar-refractivity contribution in [2.75, 3.05) is 5.73 Å². The molecule has 2 rings (SSSR count). The van der Waals surface area contributed by atoms with E-state index in [1.165, 1.54) is 23.3 Å². The van der Waals surface area contributed by atoms with Crippen molar-refractivity contribution in [1.29, 1.82) is 0 Å². The van der Waals surface area contributed by atoms with Gasteiger partial charge in [0.15, 0.2) is 0 Å². The first-order chi connectivity index (χ1) is 6.72. The molecule has 0 saturated heterocycles. The van der Waals surface area contributed by atoms with Gasteiger partial charge in [-0.05, 0) is 37.7 Å². The van der Waals surface area contributed by atoms with E-state index < -0.39 is 0 Å². The maximum atomic E-state index is 5.97. The van der Waals surface area contributed by atoms with E-state index in [1.807, 2.05) is 6.92 Å². The Hall–Kier alpha value is -0.940. The van der Waals surface area contributed by atoms with Gasteiger partial charge in [-0.3, -0.25) is 0 Å². The lowest BCUT2D eigenvalue weighted by atomic mass is 9.88. The summed E-state index contributed by atoms with van der Waals surface area (Å²) < 4.78 is 0. The molecular weight excluding hydrogens is 190 g/mol. The normalized spacial score (nSPS) is 19.7. The highest BCUT2D eigenvalue weighted by Crippen LogP contribution is 2.37. The van der Waals surface area contributed by atoms with Crippen LogP contribution in [0.4, 0.5) is 5.00 Å².